The third kappa shape index (κ3) is 2.81. The summed E-state index contributed by atoms with van der Waals surface area (Å²) >= 11 is 0. The highest BCUT2D eigenvalue weighted by Gasteiger charge is 2.35. The Labute approximate surface area is 138 Å². The lowest BCUT2D eigenvalue weighted by Gasteiger charge is -2.09. The molecule has 0 saturated carbocycles. The van der Waals surface area contributed by atoms with Gasteiger partial charge in [-0.1, -0.05) is 6.08 Å². The third-order valence-corrected chi connectivity index (χ3v) is 3.75. The smallest absolute Gasteiger partial charge is 0.261 e. The number of amides is 3. The number of nitrogens with zero attached hydrogens (tertiary/aromatic N) is 2. The molecule has 0 atom stereocenters. The molecular weight excluding hydrogens is 306 g/mol. The van der Waals surface area contributed by atoms with E-state index in [2.05, 4.69) is 16.9 Å². The van der Waals surface area contributed by atoms with Gasteiger partial charge in [-0.25, -0.2) is 0 Å². The molecule has 3 rings (SSSR count). The van der Waals surface area contributed by atoms with Gasteiger partial charge in [0.25, 0.3) is 17.7 Å². The molecule has 120 valence electrons. The van der Waals surface area contributed by atoms with Crippen LogP contribution in [-0.4, -0.2) is 34.2 Å². The Bertz CT molecular complexity index is 831. The van der Waals surface area contributed by atoms with E-state index in [0.29, 0.717) is 17.7 Å². The maximum Gasteiger partial charge on any atom is 0.261 e. The van der Waals surface area contributed by atoms with Crippen molar-refractivity contribution in [1.82, 2.24) is 15.2 Å². The van der Waals surface area contributed by atoms with Crippen molar-refractivity contribution in [2.45, 2.75) is 6.54 Å². The quantitative estimate of drug-likeness (QED) is 0.672. The third-order valence-electron chi connectivity index (χ3n) is 3.75. The Morgan fingerprint density at radius 3 is 2.54 bits per heavy atom. The minimum atomic E-state index is -0.404. The van der Waals surface area contributed by atoms with Crippen LogP contribution in [0.2, 0.25) is 0 Å². The van der Waals surface area contributed by atoms with E-state index >= 15 is 0 Å². The number of imide groups is 1. The number of benzene rings is 1. The molecule has 1 aromatic heterocycles. The number of carbonyl (C=O) groups excluding carboxylic acids is 3. The van der Waals surface area contributed by atoms with Crippen molar-refractivity contribution in [2.75, 3.05) is 6.54 Å². The maximum atomic E-state index is 12.3. The Morgan fingerprint density at radius 2 is 1.83 bits per heavy atom. The van der Waals surface area contributed by atoms with Crippen LogP contribution in [0.4, 0.5) is 0 Å². The van der Waals surface area contributed by atoms with E-state index in [1.165, 1.54) is 18.2 Å². The fraction of sp³-hybridized carbons (Fsp3) is 0.111. The SMILES string of the molecule is C=CCN1C(=O)c2ccc(C(=O)NCc3ccncc3)cc2C1=O. The second kappa shape index (κ2) is 6.45. The van der Waals surface area contributed by atoms with Crippen molar-refractivity contribution in [2.24, 2.45) is 0 Å². The number of nitrogens with one attached hydrogen (secondary N) is 1. The second-order valence-electron chi connectivity index (χ2n) is 5.31. The molecule has 0 radical (unpaired) electrons. The van der Waals surface area contributed by atoms with Crippen LogP contribution in [0, 0.1) is 0 Å². The highest BCUT2D eigenvalue weighted by atomic mass is 16.2. The fourth-order valence-electron chi connectivity index (χ4n) is 2.51. The highest BCUT2D eigenvalue weighted by Crippen LogP contribution is 2.24. The number of hydrogen-bond acceptors (Lipinski definition) is 4. The summed E-state index contributed by atoms with van der Waals surface area (Å²) in [6, 6.07) is 8.13. The average Bonchev–Trinajstić information content (AvgIpc) is 2.85. The molecule has 24 heavy (non-hydrogen) atoms. The summed E-state index contributed by atoms with van der Waals surface area (Å²) < 4.78 is 0. The standard InChI is InChI=1S/C18H15N3O3/c1-2-9-21-17(23)14-4-3-13(10-15(14)18(21)24)16(22)20-11-12-5-7-19-8-6-12/h2-8,10H,1,9,11H2,(H,20,22). The lowest BCUT2D eigenvalue weighted by Crippen LogP contribution is -2.29. The molecule has 0 spiro atoms. The number of carbonyl (C=O) groups is 3. The van der Waals surface area contributed by atoms with Crippen LogP contribution in [0.3, 0.4) is 0 Å². The molecule has 2 aromatic rings. The van der Waals surface area contributed by atoms with Crippen LogP contribution in [0.15, 0.2) is 55.4 Å². The Morgan fingerprint density at radius 1 is 1.12 bits per heavy atom. The summed E-state index contributed by atoms with van der Waals surface area (Å²) in [6.45, 7) is 4.04. The summed E-state index contributed by atoms with van der Waals surface area (Å²) in [4.78, 5) is 41.7. The molecule has 3 amide bonds. The molecular formula is C18H15N3O3. The number of hydrogen-bond donors (Lipinski definition) is 1. The van der Waals surface area contributed by atoms with E-state index < -0.39 is 5.91 Å². The zero-order chi connectivity index (χ0) is 17.1. The Kier molecular flexibility index (Phi) is 4.20. The first-order valence-corrected chi connectivity index (χ1v) is 7.40. The Hall–Kier alpha value is -3.28. The lowest BCUT2D eigenvalue weighted by atomic mass is 10.1. The average molecular weight is 321 g/mol. The van der Waals surface area contributed by atoms with Gasteiger partial charge < -0.3 is 5.32 Å². The minimum absolute atomic E-state index is 0.149. The van der Waals surface area contributed by atoms with Crippen LogP contribution in [0.1, 0.15) is 36.6 Å². The van der Waals surface area contributed by atoms with Crippen molar-refractivity contribution in [1.29, 1.82) is 0 Å². The molecule has 0 unspecified atom stereocenters. The number of fused-ring (bicyclic) bond motifs is 1. The molecule has 0 bridgehead atoms. The van der Waals surface area contributed by atoms with Crippen LogP contribution < -0.4 is 5.32 Å². The van der Waals surface area contributed by atoms with E-state index in [1.807, 2.05) is 0 Å². The first kappa shape index (κ1) is 15.6. The van der Waals surface area contributed by atoms with Gasteiger partial charge in [0.05, 0.1) is 11.1 Å². The molecule has 1 aliphatic rings. The second-order valence-corrected chi connectivity index (χ2v) is 5.31. The van der Waals surface area contributed by atoms with E-state index in [9.17, 15) is 14.4 Å². The summed E-state index contributed by atoms with van der Waals surface area (Å²) in [5, 5.41) is 2.78. The van der Waals surface area contributed by atoms with Gasteiger partial charge in [-0.2, -0.15) is 0 Å². The van der Waals surface area contributed by atoms with Crippen molar-refractivity contribution in [3.8, 4) is 0 Å². The monoisotopic (exact) mass is 321 g/mol. The van der Waals surface area contributed by atoms with Crippen LogP contribution in [0.5, 0.6) is 0 Å². The van der Waals surface area contributed by atoms with Gasteiger partial charge in [0.2, 0.25) is 0 Å². The molecule has 0 aliphatic carbocycles. The first-order valence-electron chi connectivity index (χ1n) is 7.40. The highest BCUT2D eigenvalue weighted by molar-refractivity contribution is 6.22. The van der Waals surface area contributed by atoms with Crippen LogP contribution in [0.25, 0.3) is 0 Å². The summed E-state index contributed by atoms with van der Waals surface area (Å²) in [5.74, 6) is -1.07. The molecule has 0 fully saturated rings. The van der Waals surface area contributed by atoms with Gasteiger partial charge in [-0.15, -0.1) is 6.58 Å². The predicted octanol–water partition coefficient (Wildman–Crippen LogP) is 1.79. The van der Waals surface area contributed by atoms with Gasteiger partial charge in [-0.05, 0) is 35.9 Å². The van der Waals surface area contributed by atoms with Crippen molar-refractivity contribution < 1.29 is 14.4 Å². The Balaban J connectivity index is 1.77. The number of rotatable bonds is 5. The van der Waals surface area contributed by atoms with Crippen LogP contribution >= 0.6 is 0 Å². The molecule has 6 heteroatoms. The van der Waals surface area contributed by atoms with E-state index in [-0.39, 0.29) is 23.9 Å². The minimum Gasteiger partial charge on any atom is -0.348 e. The zero-order valence-electron chi connectivity index (χ0n) is 12.9. The summed E-state index contributed by atoms with van der Waals surface area (Å²) in [7, 11) is 0. The summed E-state index contributed by atoms with van der Waals surface area (Å²) in [5.41, 5.74) is 1.82. The molecule has 0 saturated heterocycles. The molecule has 1 N–H and O–H groups in total. The number of aromatic nitrogens is 1. The van der Waals surface area contributed by atoms with E-state index in [1.54, 1.807) is 30.6 Å². The molecule has 2 heterocycles. The van der Waals surface area contributed by atoms with Crippen molar-refractivity contribution in [3.63, 3.8) is 0 Å². The largest absolute Gasteiger partial charge is 0.348 e. The van der Waals surface area contributed by atoms with Crippen LogP contribution in [-0.2, 0) is 6.54 Å². The first-order chi connectivity index (χ1) is 11.6. The van der Waals surface area contributed by atoms with Gasteiger partial charge in [-0.3, -0.25) is 24.3 Å². The normalized spacial score (nSPS) is 12.9. The van der Waals surface area contributed by atoms with E-state index in [0.717, 1.165) is 10.5 Å². The van der Waals surface area contributed by atoms with Gasteiger partial charge in [0, 0.05) is 31.0 Å². The predicted molar refractivity (Wildman–Crippen MR) is 87.4 cm³/mol. The van der Waals surface area contributed by atoms with Gasteiger partial charge in [0.1, 0.15) is 0 Å². The fourth-order valence-corrected chi connectivity index (χ4v) is 2.51. The van der Waals surface area contributed by atoms with Gasteiger partial charge >= 0.3 is 0 Å². The van der Waals surface area contributed by atoms with Gasteiger partial charge in [0.15, 0.2) is 0 Å². The number of pyridine rings is 1. The zero-order valence-corrected chi connectivity index (χ0v) is 12.9. The lowest BCUT2D eigenvalue weighted by molar-refractivity contribution is 0.0672. The molecule has 1 aliphatic heterocycles. The molecule has 1 aromatic carbocycles. The molecule has 6 nitrogen and oxygen atoms in total. The van der Waals surface area contributed by atoms with E-state index in [4.69, 9.17) is 0 Å². The van der Waals surface area contributed by atoms with Crippen molar-refractivity contribution in [3.05, 3.63) is 77.6 Å². The van der Waals surface area contributed by atoms with Crippen molar-refractivity contribution >= 4 is 17.7 Å². The maximum absolute atomic E-state index is 12.3. The topological polar surface area (TPSA) is 79.4 Å². The summed E-state index contributed by atoms with van der Waals surface area (Å²) in [6.07, 6.45) is 4.79.